The number of nitrogens with zero attached hydrogens (tertiary/aromatic N) is 1. The molecule has 3 heteroatoms. The van der Waals surface area contributed by atoms with Gasteiger partial charge in [0, 0.05) is 25.2 Å². The van der Waals surface area contributed by atoms with Crippen molar-refractivity contribution < 1.29 is 5.11 Å². The highest BCUT2D eigenvalue weighted by Gasteiger charge is 2.36. The average molecular weight is 254 g/mol. The quantitative estimate of drug-likeness (QED) is 0.761. The van der Waals surface area contributed by atoms with Crippen molar-refractivity contribution in [3.8, 4) is 0 Å². The molecule has 2 N–H and O–H groups in total. The Morgan fingerprint density at radius 1 is 1.28 bits per heavy atom. The van der Waals surface area contributed by atoms with E-state index in [0.717, 1.165) is 19.1 Å². The molecule has 2 rings (SSSR count). The smallest absolute Gasteiger partial charge is 0.0768 e. The standard InChI is InChI=1S/C15H30N2O/c1-12(2)15(3,18)11-17(14-7-8-14)10-13-6-4-5-9-16-13/h12-14,16,18H,4-11H2,1-3H3. The lowest BCUT2D eigenvalue weighted by atomic mass is 9.91. The molecule has 0 amide bonds. The predicted molar refractivity (Wildman–Crippen MR) is 75.7 cm³/mol. The summed E-state index contributed by atoms with van der Waals surface area (Å²) in [7, 11) is 0. The molecule has 2 unspecified atom stereocenters. The van der Waals surface area contributed by atoms with Gasteiger partial charge < -0.3 is 10.4 Å². The van der Waals surface area contributed by atoms with Gasteiger partial charge in [0.25, 0.3) is 0 Å². The van der Waals surface area contributed by atoms with Gasteiger partial charge in [-0.1, -0.05) is 20.3 Å². The molecule has 0 radical (unpaired) electrons. The molecular weight excluding hydrogens is 224 g/mol. The normalized spacial score (nSPS) is 28.7. The minimum Gasteiger partial charge on any atom is -0.389 e. The van der Waals surface area contributed by atoms with E-state index in [1.54, 1.807) is 0 Å². The fourth-order valence-corrected chi connectivity index (χ4v) is 2.74. The maximum atomic E-state index is 10.5. The van der Waals surface area contributed by atoms with Crippen molar-refractivity contribution >= 4 is 0 Å². The lowest BCUT2D eigenvalue weighted by Gasteiger charge is -2.37. The number of hydrogen-bond donors (Lipinski definition) is 2. The molecule has 2 aliphatic rings. The zero-order valence-electron chi connectivity index (χ0n) is 12.3. The van der Waals surface area contributed by atoms with Crippen LogP contribution < -0.4 is 5.32 Å². The Bertz CT molecular complexity index is 255. The highest BCUT2D eigenvalue weighted by atomic mass is 16.3. The van der Waals surface area contributed by atoms with E-state index in [1.807, 2.05) is 6.92 Å². The molecule has 2 atom stereocenters. The van der Waals surface area contributed by atoms with E-state index in [4.69, 9.17) is 0 Å². The van der Waals surface area contributed by atoms with Gasteiger partial charge >= 0.3 is 0 Å². The Labute approximate surface area is 112 Å². The molecule has 18 heavy (non-hydrogen) atoms. The average Bonchev–Trinajstić information content (AvgIpc) is 3.13. The first-order valence-corrected chi connectivity index (χ1v) is 7.69. The van der Waals surface area contributed by atoms with Gasteiger partial charge in [0.1, 0.15) is 0 Å². The molecule has 2 fully saturated rings. The van der Waals surface area contributed by atoms with Gasteiger partial charge in [-0.15, -0.1) is 0 Å². The lowest BCUT2D eigenvalue weighted by Crippen LogP contribution is -2.50. The summed E-state index contributed by atoms with van der Waals surface area (Å²) >= 11 is 0. The zero-order chi connectivity index (χ0) is 13.2. The maximum absolute atomic E-state index is 10.5. The van der Waals surface area contributed by atoms with Crippen molar-refractivity contribution in [1.82, 2.24) is 10.2 Å². The van der Waals surface area contributed by atoms with Crippen LogP contribution in [0.2, 0.25) is 0 Å². The van der Waals surface area contributed by atoms with Crippen molar-refractivity contribution in [1.29, 1.82) is 0 Å². The van der Waals surface area contributed by atoms with Gasteiger partial charge in [-0.2, -0.15) is 0 Å². The van der Waals surface area contributed by atoms with Crippen LogP contribution in [0.1, 0.15) is 52.9 Å². The van der Waals surface area contributed by atoms with Crippen molar-refractivity contribution in [2.45, 2.75) is 70.6 Å². The van der Waals surface area contributed by atoms with Crippen LogP contribution >= 0.6 is 0 Å². The van der Waals surface area contributed by atoms with Crippen molar-refractivity contribution in [3.05, 3.63) is 0 Å². The molecule has 1 aliphatic carbocycles. The molecule has 0 aromatic heterocycles. The summed E-state index contributed by atoms with van der Waals surface area (Å²) in [6.07, 6.45) is 6.62. The number of hydrogen-bond acceptors (Lipinski definition) is 3. The molecule has 1 saturated heterocycles. The first kappa shape index (κ1) is 14.3. The Balaban J connectivity index is 1.87. The van der Waals surface area contributed by atoms with E-state index >= 15 is 0 Å². The second-order valence-electron chi connectivity index (χ2n) is 6.82. The highest BCUT2D eigenvalue weighted by Crippen LogP contribution is 2.30. The minimum absolute atomic E-state index is 0.318. The summed E-state index contributed by atoms with van der Waals surface area (Å²) in [4.78, 5) is 2.53. The first-order chi connectivity index (χ1) is 8.49. The minimum atomic E-state index is -0.558. The van der Waals surface area contributed by atoms with Crippen LogP contribution in [0, 0.1) is 5.92 Å². The molecule has 3 nitrogen and oxygen atoms in total. The third kappa shape index (κ3) is 3.94. The molecule has 1 saturated carbocycles. The maximum Gasteiger partial charge on any atom is 0.0768 e. The van der Waals surface area contributed by atoms with E-state index in [2.05, 4.69) is 24.1 Å². The molecule has 1 aliphatic heterocycles. The van der Waals surface area contributed by atoms with E-state index < -0.39 is 5.60 Å². The van der Waals surface area contributed by atoms with Crippen molar-refractivity contribution in [3.63, 3.8) is 0 Å². The summed E-state index contributed by atoms with van der Waals surface area (Å²) in [6.45, 7) is 9.33. The number of nitrogens with one attached hydrogen (secondary N) is 1. The Morgan fingerprint density at radius 3 is 2.50 bits per heavy atom. The molecule has 0 aromatic carbocycles. The van der Waals surface area contributed by atoms with E-state index in [1.165, 1.54) is 38.6 Å². The molecule has 1 heterocycles. The Kier molecular flexibility index (Phi) is 4.68. The van der Waals surface area contributed by atoms with Crippen LogP contribution in [0.3, 0.4) is 0 Å². The van der Waals surface area contributed by atoms with Crippen LogP contribution in [0.15, 0.2) is 0 Å². The largest absolute Gasteiger partial charge is 0.389 e. The van der Waals surface area contributed by atoms with Crippen LogP contribution in [0.4, 0.5) is 0 Å². The molecule has 106 valence electrons. The molecular formula is C15H30N2O. The summed E-state index contributed by atoms with van der Waals surface area (Å²) in [6, 6.07) is 1.38. The van der Waals surface area contributed by atoms with Gasteiger partial charge in [-0.3, -0.25) is 4.90 Å². The van der Waals surface area contributed by atoms with Gasteiger partial charge in [0.05, 0.1) is 5.60 Å². The summed E-state index contributed by atoms with van der Waals surface area (Å²) in [5.41, 5.74) is -0.558. The van der Waals surface area contributed by atoms with Gasteiger partial charge in [0.15, 0.2) is 0 Å². The first-order valence-electron chi connectivity index (χ1n) is 7.69. The summed E-state index contributed by atoms with van der Waals surface area (Å²) in [5.74, 6) is 0.318. The molecule has 0 aromatic rings. The van der Waals surface area contributed by atoms with Crippen LogP contribution in [0.5, 0.6) is 0 Å². The number of aliphatic hydroxyl groups is 1. The van der Waals surface area contributed by atoms with Crippen molar-refractivity contribution in [2.75, 3.05) is 19.6 Å². The topological polar surface area (TPSA) is 35.5 Å². The third-order valence-corrected chi connectivity index (χ3v) is 4.70. The Morgan fingerprint density at radius 2 is 2.00 bits per heavy atom. The SMILES string of the molecule is CC(C)C(C)(O)CN(CC1CCCCN1)C1CC1. The van der Waals surface area contributed by atoms with E-state index in [-0.39, 0.29) is 0 Å². The highest BCUT2D eigenvalue weighted by molar-refractivity contribution is 4.92. The summed E-state index contributed by atoms with van der Waals surface area (Å²) < 4.78 is 0. The number of piperidine rings is 1. The van der Waals surface area contributed by atoms with Crippen LogP contribution in [0.25, 0.3) is 0 Å². The molecule has 0 spiro atoms. The van der Waals surface area contributed by atoms with Crippen LogP contribution in [-0.4, -0.2) is 47.3 Å². The number of rotatable bonds is 6. The summed E-state index contributed by atoms with van der Waals surface area (Å²) in [5, 5.41) is 14.1. The molecule has 0 bridgehead atoms. The van der Waals surface area contributed by atoms with Crippen LogP contribution in [-0.2, 0) is 0 Å². The van der Waals surface area contributed by atoms with E-state index in [9.17, 15) is 5.11 Å². The van der Waals surface area contributed by atoms with Gasteiger partial charge in [0.2, 0.25) is 0 Å². The van der Waals surface area contributed by atoms with Crippen molar-refractivity contribution in [2.24, 2.45) is 5.92 Å². The zero-order valence-corrected chi connectivity index (χ0v) is 12.3. The second kappa shape index (κ2) is 5.89. The fraction of sp³-hybridized carbons (Fsp3) is 1.00. The fourth-order valence-electron chi connectivity index (χ4n) is 2.74. The van der Waals surface area contributed by atoms with Gasteiger partial charge in [-0.05, 0) is 45.1 Å². The predicted octanol–water partition coefficient (Wildman–Crippen LogP) is 2.00. The lowest BCUT2D eigenvalue weighted by molar-refractivity contribution is -0.0234. The Hall–Kier alpha value is -0.120. The van der Waals surface area contributed by atoms with Gasteiger partial charge in [-0.25, -0.2) is 0 Å². The third-order valence-electron chi connectivity index (χ3n) is 4.70. The second-order valence-corrected chi connectivity index (χ2v) is 6.82. The monoisotopic (exact) mass is 254 g/mol. The van der Waals surface area contributed by atoms with E-state index in [0.29, 0.717) is 12.0 Å².